The van der Waals surface area contributed by atoms with Gasteiger partial charge in [-0.25, -0.2) is 4.79 Å². The molecule has 0 saturated carbocycles. The molecule has 2 unspecified atom stereocenters. The standard InChI is InChI=1S/C14H29N3O3/c1-11-8-17(9-12(2)20-11)14(3,4)10-16-13(18)15-6-7-19-5/h11-12H,6-10H2,1-5H3,(H2,15,16,18). The lowest BCUT2D eigenvalue weighted by Crippen LogP contribution is -2.59. The van der Waals surface area contributed by atoms with Crippen molar-refractivity contribution in [1.29, 1.82) is 0 Å². The molecule has 1 aliphatic rings. The summed E-state index contributed by atoms with van der Waals surface area (Å²) in [6.07, 6.45) is 0.460. The second-order valence-corrected chi connectivity index (χ2v) is 6.08. The van der Waals surface area contributed by atoms with Gasteiger partial charge in [-0.2, -0.15) is 0 Å². The number of morpholine rings is 1. The van der Waals surface area contributed by atoms with Crippen molar-refractivity contribution in [2.75, 3.05) is 39.9 Å². The van der Waals surface area contributed by atoms with Crippen LogP contribution in [0.25, 0.3) is 0 Å². The Morgan fingerprint density at radius 3 is 2.45 bits per heavy atom. The summed E-state index contributed by atoms with van der Waals surface area (Å²) in [5, 5.41) is 5.68. The number of hydrogen-bond donors (Lipinski definition) is 2. The maximum absolute atomic E-state index is 11.7. The van der Waals surface area contributed by atoms with E-state index in [4.69, 9.17) is 9.47 Å². The minimum absolute atomic E-state index is 0.0924. The zero-order chi connectivity index (χ0) is 15.2. The number of methoxy groups -OCH3 is 1. The van der Waals surface area contributed by atoms with E-state index >= 15 is 0 Å². The van der Waals surface area contributed by atoms with E-state index in [1.807, 2.05) is 0 Å². The minimum atomic E-state index is -0.149. The number of rotatable bonds is 6. The summed E-state index contributed by atoms with van der Waals surface area (Å²) in [5.74, 6) is 0. The smallest absolute Gasteiger partial charge is 0.314 e. The molecular weight excluding hydrogens is 258 g/mol. The molecule has 0 aromatic rings. The van der Waals surface area contributed by atoms with Crippen molar-refractivity contribution in [3.8, 4) is 0 Å². The Kier molecular flexibility index (Phi) is 6.71. The second-order valence-electron chi connectivity index (χ2n) is 6.08. The molecule has 6 heteroatoms. The first-order chi connectivity index (χ1) is 9.35. The Hall–Kier alpha value is -0.850. The van der Waals surface area contributed by atoms with Gasteiger partial charge >= 0.3 is 6.03 Å². The lowest BCUT2D eigenvalue weighted by atomic mass is 10.0. The van der Waals surface area contributed by atoms with Crippen molar-refractivity contribution in [2.24, 2.45) is 0 Å². The van der Waals surface area contributed by atoms with E-state index in [-0.39, 0.29) is 23.8 Å². The monoisotopic (exact) mass is 287 g/mol. The van der Waals surface area contributed by atoms with Crippen LogP contribution in [0.5, 0.6) is 0 Å². The predicted octanol–water partition coefficient (Wildman–Crippen LogP) is 0.820. The number of amides is 2. The Balaban J connectivity index is 2.38. The number of carbonyl (C=O) groups excluding carboxylic acids is 1. The van der Waals surface area contributed by atoms with Crippen molar-refractivity contribution in [3.63, 3.8) is 0 Å². The van der Waals surface area contributed by atoms with E-state index in [2.05, 4.69) is 43.2 Å². The third kappa shape index (κ3) is 5.64. The molecule has 1 rings (SSSR count). The van der Waals surface area contributed by atoms with Crippen LogP contribution in [0.15, 0.2) is 0 Å². The number of nitrogens with zero attached hydrogens (tertiary/aromatic N) is 1. The van der Waals surface area contributed by atoms with E-state index in [1.54, 1.807) is 7.11 Å². The van der Waals surface area contributed by atoms with Crippen LogP contribution in [0.3, 0.4) is 0 Å². The van der Waals surface area contributed by atoms with E-state index in [0.29, 0.717) is 19.7 Å². The fraction of sp³-hybridized carbons (Fsp3) is 0.929. The van der Waals surface area contributed by atoms with Crippen molar-refractivity contribution in [1.82, 2.24) is 15.5 Å². The molecule has 0 aromatic heterocycles. The van der Waals surface area contributed by atoms with Gasteiger partial charge in [0.1, 0.15) is 0 Å². The van der Waals surface area contributed by atoms with Gasteiger partial charge < -0.3 is 20.1 Å². The van der Waals surface area contributed by atoms with Crippen LogP contribution in [-0.4, -0.2) is 68.6 Å². The highest BCUT2D eigenvalue weighted by atomic mass is 16.5. The Labute approximate surface area is 122 Å². The molecule has 1 aliphatic heterocycles. The van der Waals surface area contributed by atoms with Crippen molar-refractivity contribution in [2.45, 2.75) is 45.4 Å². The van der Waals surface area contributed by atoms with Gasteiger partial charge in [0.05, 0.1) is 18.8 Å². The van der Waals surface area contributed by atoms with Crippen molar-refractivity contribution < 1.29 is 14.3 Å². The van der Waals surface area contributed by atoms with Gasteiger partial charge in [-0.05, 0) is 27.7 Å². The molecular formula is C14H29N3O3. The van der Waals surface area contributed by atoms with Crippen LogP contribution < -0.4 is 10.6 Å². The van der Waals surface area contributed by atoms with E-state index in [0.717, 1.165) is 13.1 Å². The zero-order valence-electron chi connectivity index (χ0n) is 13.4. The normalized spacial score (nSPS) is 24.4. The van der Waals surface area contributed by atoms with Crippen LogP contribution in [0.4, 0.5) is 4.79 Å². The van der Waals surface area contributed by atoms with Gasteiger partial charge in [0, 0.05) is 38.8 Å². The third-order valence-electron chi connectivity index (χ3n) is 3.55. The molecule has 2 amide bonds. The number of nitrogens with one attached hydrogen (secondary N) is 2. The zero-order valence-corrected chi connectivity index (χ0v) is 13.4. The van der Waals surface area contributed by atoms with Gasteiger partial charge in [0.2, 0.25) is 0 Å². The predicted molar refractivity (Wildman–Crippen MR) is 78.9 cm³/mol. The first-order valence-corrected chi connectivity index (χ1v) is 7.26. The highest BCUT2D eigenvalue weighted by molar-refractivity contribution is 5.73. The van der Waals surface area contributed by atoms with Crippen LogP contribution in [0, 0.1) is 0 Å². The summed E-state index contributed by atoms with van der Waals surface area (Å²) in [4.78, 5) is 14.0. The average molecular weight is 287 g/mol. The Morgan fingerprint density at radius 2 is 1.90 bits per heavy atom. The quantitative estimate of drug-likeness (QED) is 0.710. The lowest BCUT2D eigenvalue weighted by Gasteiger charge is -2.45. The molecule has 2 N–H and O–H groups in total. The fourth-order valence-corrected chi connectivity index (χ4v) is 2.41. The first kappa shape index (κ1) is 17.2. The molecule has 20 heavy (non-hydrogen) atoms. The fourth-order valence-electron chi connectivity index (χ4n) is 2.41. The summed E-state index contributed by atoms with van der Waals surface area (Å²) in [7, 11) is 1.61. The largest absolute Gasteiger partial charge is 0.383 e. The maximum atomic E-state index is 11.7. The number of hydrogen-bond acceptors (Lipinski definition) is 4. The molecule has 6 nitrogen and oxygen atoms in total. The molecule has 1 saturated heterocycles. The van der Waals surface area contributed by atoms with E-state index < -0.39 is 0 Å². The Morgan fingerprint density at radius 1 is 1.30 bits per heavy atom. The van der Waals surface area contributed by atoms with Gasteiger partial charge in [-0.3, -0.25) is 4.90 Å². The summed E-state index contributed by atoms with van der Waals surface area (Å²) in [5.41, 5.74) is -0.0924. The van der Waals surface area contributed by atoms with Gasteiger partial charge in [0.25, 0.3) is 0 Å². The molecule has 0 radical (unpaired) electrons. The highest BCUT2D eigenvalue weighted by Crippen LogP contribution is 2.20. The molecule has 0 aromatic carbocycles. The molecule has 1 heterocycles. The summed E-state index contributed by atoms with van der Waals surface area (Å²) in [6.45, 7) is 11.9. The minimum Gasteiger partial charge on any atom is -0.383 e. The summed E-state index contributed by atoms with van der Waals surface area (Å²) in [6, 6.07) is -0.149. The Bertz CT molecular complexity index is 300. The van der Waals surface area contributed by atoms with Crippen molar-refractivity contribution >= 4 is 6.03 Å². The third-order valence-corrected chi connectivity index (χ3v) is 3.55. The molecule has 0 spiro atoms. The number of carbonyl (C=O) groups is 1. The van der Waals surface area contributed by atoms with Crippen LogP contribution >= 0.6 is 0 Å². The second kappa shape index (κ2) is 7.81. The molecule has 0 aliphatic carbocycles. The van der Waals surface area contributed by atoms with Crippen LogP contribution in [-0.2, 0) is 9.47 Å². The van der Waals surface area contributed by atoms with Gasteiger partial charge in [-0.1, -0.05) is 0 Å². The molecule has 118 valence electrons. The average Bonchev–Trinajstić information content (AvgIpc) is 2.36. The topological polar surface area (TPSA) is 62.8 Å². The first-order valence-electron chi connectivity index (χ1n) is 7.26. The molecule has 0 bridgehead atoms. The van der Waals surface area contributed by atoms with Crippen LogP contribution in [0.2, 0.25) is 0 Å². The van der Waals surface area contributed by atoms with Gasteiger partial charge in [0.15, 0.2) is 0 Å². The summed E-state index contributed by atoms with van der Waals surface area (Å²) < 4.78 is 10.6. The maximum Gasteiger partial charge on any atom is 0.314 e. The lowest BCUT2D eigenvalue weighted by molar-refractivity contribution is -0.0947. The van der Waals surface area contributed by atoms with Crippen LogP contribution in [0.1, 0.15) is 27.7 Å². The van der Waals surface area contributed by atoms with Crippen molar-refractivity contribution in [3.05, 3.63) is 0 Å². The summed E-state index contributed by atoms with van der Waals surface area (Å²) >= 11 is 0. The van der Waals surface area contributed by atoms with E-state index in [9.17, 15) is 4.79 Å². The highest BCUT2D eigenvalue weighted by Gasteiger charge is 2.33. The number of urea groups is 1. The van der Waals surface area contributed by atoms with E-state index in [1.165, 1.54) is 0 Å². The number of ether oxygens (including phenoxy) is 2. The van der Waals surface area contributed by atoms with Gasteiger partial charge in [-0.15, -0.1) is 0 Å². The SMILES string of the molecule is COCCNC(=O)NCC(C)(C)N1CC(C)OC(C)C1. The molecule has 2 atom stereocenters. The molecule has 1 fully saturated rings.